The van der Waals surface area contributed by atoms with Gasteiger partial charge in [0.2, 0.25) is 0 Å². The summed E-state index contributed by atoms with van der Waals surface area (Å²) in [7, 11) is 1.44. The van der Waals surface area contributed by atoms with E-state index in [1.165, 1.54) is 17.9 Å². The predicted molar refractivity (Wildman–Crippen MR) is 64.4 cm³/mol. The van der Waals surface area contributed by atoms with E-state index < -0.39 is 11.6 Å². The van der Waals surface area contributed by atoms with Crippen molar-refractivity contribution >= 4 is 12.1 Å². The molecule has 2 rings (SSSR count). The van der Waals surface area contributed by atoms with E-state index in [1.807, 2.05) is 0 Å². The number of carbonyl (C=O) groups excluding carboxylic acids is 1. The number of methoxy groups -OCH3 is 1. The van der Waals surface area contributed by atoms with Crippen molar-refractivity contribution in [3.63, 3.8) is 0 Å². The summed E-state index contributed by atoms with van der Waals surface area (Å²) in [6.07, 6.45) is 0.519. The molecule has 1 aromatic heterocycles. The summed E-state index contributed by atoms with van der Waals surface area (Å²) >= 11 is 0. The SMILES string of the molecule is COCn1nc(-c2ccc(F)c(F)c2)c(C=O)c1N. The van der Waals surface area contributed by atoms with E-state index in [2.05, 4.69) is 5.10 Å². The van der Waals surface area contributed by atoms with Crippen molar-refractivity contribution in [1.29, 1.82) is 0 Å². The number of anilines is 1. The highest BCUT2D eigenvalue weighted by atomic mass is 19.2. The highest BCUT2D eigenvalue weighted by molar-refractivity contribution is 5.91. The monoisotopic (exact) mass is 267 g/mol. The molecule has 0 spiro atoms. The van der Waals surface area contributed by atoms with Crippen LogP contribution in [0.5, 0.6) is 0 Å². The Morgan fingerprint density at radius 2 is 2.16 bits per heavy atom. The van der Waals surface area contributed by atoms with Gasteiger partial charge >= 0.3 is 0 Å². The predicted octanol–water partition coefficient (Wildman–Crippen LogP) is 1.83. The minimum absolute atomic E-state index is 0.0519. The summed E-state index contributed by atoms with van der Waals surface area (Å²) in [4.78, 5) is 11.0. The molecular weight excluding hydrogens is 256 g/mol. The van der Waals surface area contributed by atoms with Crippen molar-refractivity contribution in [2.45, 2.75) is 6.73 Å². The number of hydrogen-bond donors (Lipinski definition) is 1. The van der Waals surface area contributed by atoms with Crippen molar-refractivity contribution in [3.05, 3.63) is 35.4 Å². The molecule has 2 N–H and O–H groups in total. The van der Waals surface area contributed by atoms with Gasteiger partial charge in [-0.2, -0.15) is 5.10 Å². The number of aromatic nitrogens is 2. The van der Waals surface area contributed by atoms with E-state index in [-0.39, 0.29) is 29.4 Å². The Bertz CT molecular complexity index is 626. The van der Waals surface area contributed by atoms with Crippen LogP contribution in [-0.2, 0) is 11.5 Å². The maximum atomic E-state index is 13.2. The lowest BCUT2D eigenvalue weighted by Crippen LogP contribution is -2.06. The van der Waals surface area contributed by atoms with Crippen molar-refractivity contribution in [2.24, 2.45) is 0 Å². The Balaban J connectivity index is 2.57. The van der Waals surface area contributed by atoms with E-state index in [9.17, 15) is 13.6 Å². The molecule has 100 valence electrons. The minimum Gasteiger partial charge on any atom is -0.383 e. The quantitative estimate of drug-likeness (QED) is 0.858. The number of nitrogens with two attached hydrogens (primary N) is 1. The molecule has 0 bridgehead atoms. The van der Waals surface area contributed by atoms with Crippen LogP contribution in [0.1, 0.15) is 10.4 Å². The van der Waals surface area contributed by atoms with Crippen LogP contribution in [0.4, 0.5) is 14.6 Å². The first-order valence-corrected chi connectivity index (χ1v) is 5.34. The zero-order valence-corrected chi connectivity index (χ0v) is 10.1. The first-order chi connectivity index (χ1) is 9.08. The van der Waals surface area contributed by atoms with E-state index >= 15 is 0 Å². The van der Waals surface area contributed by atoms with Crippen LogP contribution in [-0.4, -0.2) is 23.2 Å². The van der Waals surface area contributed by atoms with Crippen molar-refractivity contribution in [3.8, 4) is 11.3 Å². The second-order valence-corrected chi connectivity index (χ2v) is 3.81. The first-order valence-electron chi connectivity index (χ1n) is 5.34. The molecule has 0 aliphatic carbocycles. The number of carbonyl (C=O) groups is 1. The number of nitrogen functional groups attached to an aromatic ring is 1. The Labute approximate surface area is 107 Å². The van der Waals surface area contributed by atoms with Gasteiger partial charge in [-0.25, -0.2) is 13.5 Å². The summed E-state index contributed by atoms with van der Waals surface area (Å²) in [6, 6.07) is 3.25. The number of rotatable bonds is 4. The van der Waals surface area contributed by atoms with Gasteiger partial charge in [0, 0.05) is 12.7 Å². The van der Waals surface area contributed by atoms with Gasteiger partial charge in [0.05, 0.1) is 5.56 Å². The molecule has 2 aromatic rings. The van der Waals surface area contributed by atoms with Crippen LogP contribution in [0, 0.1) is 11.6 Å². The van der Waals surface area contributed by atoms with E-state index in [1.54, 1.807) is 0 Å². The van der Waals surface area contributed by atoms with Crippen LogP contribution in [0.15, 0.2) is 18.2 Å². The lowest BCUT2D eigenvalue weighted by Gasteiger charge is -2.00. The molecule has 1 aromatic carbocycles. The summed E-state index contributed by atoms with van der Waals surface area (Å²) in [5, 5.41) is 4.06. The molecule has 5 nitrogen and oxygen atoms in total. The molecule has 7 heteroatoms. The molecular formula is C12H11F2N3O2. The lowest BCUT2D eigenvalue weighted by atomic mass is 10.1. The minimum atomic E-state index is -1.02. The topological polar surface area (TPSA) is 70.1 Å². The van der Waals surface area contributed by atoms with Crippen LogP contribution < -0.4 is 5.73 Å². The smallest absolute Gasteiger partial charge is 0.159 e. The highest BCUT2D eigenvalue weighted by Crippen LogP contribution is 2.27. The second-order valence-electron chi connectivity index (χ2n) is 3.81. The fraction of sp³-hybridized carbons (Fsp3) is 0.167. The van der Waals surface area contributed by atoms with E-state index in [4.69, 9.17) is 10.5 Å². The van der Waals surface area contributed by atoms with E-state index in [0.29, 0.717) is 6.29 Å². The molecule has 1 heterocycles. The average molecular weight is 267 g/mol. The molecule has 0 saturated carbocycles. The second kappa shape index (κ2) is 5.15. The third-order valence-corrected chi connectivity index (χ3v) is 2.59. The van der Waals surface area contributed by atoms with Gasteiger partial charge in [-0.3, -0.25) is 4.79 Å². The van der Waals surface area contributed by atoms with Crippen LogP contribution in [0.3, 0.4) is 0 Å². The van der Waals surface area contributed by atoms with Gasteiger partial charge in [-0.05, 0) is 18.2 Å². The zero-order chi connectivity index (χ0) is 14.0. The van der Waals surface area contributed by atoms with Gasteiger partial charge in [0.25, 0.3) is 0 Å². The standard InChI is InChI=1S/C12H11F2N3O2/c1-19-6-17-12(15)8(5-18)11(16-17)7-2-3-9(13)10(14)4-7/h2-5H,6,15H2,1H3. The average Bonchev–Trinajstić information content (AvgIpc) is 2.70. The molecule has 0 amide bonds. The third kappa shape index (κ3) is 2.32. The van der Waals surface area contributed by atoms with Gasteiger partial charge in [0.15, 0.2) is 17.9 Å². The van der Waals surface area contributed by atoms with Crippen LogP contribution in [0.25, 0.3) is 11.3 Å². The van der Waals surface area contributed by atoms with Gasteiger partial charge in [0.1, 0.15) is 18.2 Å². The Morgan fingerprint density at radius 3 is 2.74 bits per heavy atom. The normalized spacial score (nSPS) is 10.7. The fourth-order valence-electron chi connectivity index (χ4n) is 1.68. The summed E-state index contributed by atoms with van der Waals surface area (Å²) in [5.74, 6) is -1.88. The Morgan fingerprint density at radius 1 is 1.42 bits per heavy atom. The third-order valence-electron chi connectivity index (χ3n) is 2.59. The van der Waals surface area contributed by atoms with Gasteiger partial charge in [-0.15, -0.1) is 0 Å². The Hall–Kier alpha value is -2.28. The highest BCUT2D eigenvalue weighted by Gasteiger charge is 2.17. The summed E-state index contributed by atoms with van der Waals surface area (Å²) in [5.41, 5.74) is 6.29. The lowest BCUT2D eigenvalue weighted by molar-refractivity contribution is 0.112. The van der Waals surface area contributed by atoms with Crippen molar-refractivity contribution in [1.82, 2.24) is 9.78 Å². The van der Waals surface area contributed by atoms with Crippen LogP contribution >= 0.6 is 0 Å². The number of ether oxygens (including phenoxy) is 1. The summed E-state index contributed by atoms with van der Waals surface area (Å²) in [6.45, 7) is 0.0519. The van der Waals surface area contributed by atoms with Crippen molar-refractivity contribution in [2.75, 3.05) is 12.8 Å². The molecule has 0 aliphatic heterocycles. The number of halogens is 2. The molecule has 0 radical (unpaired) electrons. The largest absolute Gasteiger partial charge is 0.383 e. The number of hydrogen-bond acceptors (Lipinski definition) is 4. The number of benzene rings is 1. The number of aldehydes is 1. The van der Waals surface area contributed by atoms with Crippen LogP contribution in [0.2, 0.25) is 0 Å². The molecule has 0 fully saturated rings. The molecule has 19 heavy (non-hydrogen) atoms. The molecule has 0 aliphatic rings. The van der Waals surface area contributed by atoms with Gasteiger partial charge in [-0.1, -0.05) is 0 Å². The molecule has 0 unspecified atom stereocenters. The van der Waals surface area contributed by atoms with E-state index in [0.717, 1.165) is 12.1 Å². The zero-order valence-electron chi connectivity index (χ0n) is 10.1. The van der Waals surface area contributed by atoms with Crippen molar-refractivity contribution < 1.29 is 18.3 Å². The summed E-state index contributed by atoms with van der Waals surface area (Å²) < 4.78 is 32.2. The maximum absolute atomic E-state index is 13.2. The fourth-order valence-corrected chi connectivity index (χ4v) is 1.68. The Kier molecular flexibility index (Phi) is 3.57. The maximum Gasteiger partial charge on any atom is 0.159 e. The molecule has 0 saturated heterocycles. The number of nitrogens with zero attached hydrogens (tertiary/aromatic N) is 2. The van der Waals surface area contributed by atoms with Gasteiger partial charge < -0.3 is 10.5 Å². The molecule has 0 atom stereocenters. The first kappa shape index (κ1) is 13.2.